The van der Waals surface area contributed by atoms with Crippen LogP contribution in [0, 0.1) is 19.7 Å². The molecular weight excluding hydrogens is 279 g/mol. The first-order chi connectivity index (χ1) is 10.6. The lowest BCUT2D eigenvalue weighted by atomic mass is 10.1. The number of hydrogen-bond donors (Lipinski definition) is 1. The van der Waals surface area contributed by atoms with Crippen molar-refractivity contribution in [2.45, 2.75) is 13.8 Å². The van der Waals surface area contributed by atoms with E-state index in [2.05, 4.69) is 20.3 Å². The summed E-state index contributed by atoms with van der Waals surface area (Å²) in [5.41, 5.74) is 3.00. The fourth-order valence-corrected chi connectivity index (χ4v) is 2.09. The summed E-state index contributed by atoms with van der Waals surface area (Å²) in [5, 5.41) is 3.23. The first-order valence-electron chi connectivity index (χ1n) is 6.92. The number of nitrogens with one attached hydrogen (secondary N) is 1. The molecule has 2 heterocycles. The molecule has 2 aromatic heterocycles. The van der Waals surface area contributed by atoms with E-state index >= 15 is 0 Å². The van der Waals surface area contributed by atoms with Gasteiger partial charge in [-0.15, -0.1) is 0 Å². The van der Waals surface area contributed by atoms with Gasteiger partial charge in [-0.2, -0.15) is 0 Å². The van der Waals surface area contributed by atoms with Gasteiger partial charge in [-0.3, -0.25) is 4.98 Å². The average molecular weight is 294 g/mol. The smallest absolute Gasteiger partial charge is 0.164 e. The highest BCUT2D eigenvalue weighted by Crippen LogP contribution is 2.25. The second-order valence-electron chi connectivity index (χ2n) is 4.95. The van der Waals surface area contributed by atoms with E-state index in [9.17, 15) is 4.39 Å². The highest BCUT2D eigenvalue weighted by molar-refractivity contribution is 5.64. The molecule has 0 aliphatic carbocycles. The second kappa shape index (κ2) is 5.89. The van der Waals surface area contributed by atoms with Crippen LogP contribution in [0.15, 0.2) is 48.8 Å². The number of nitrogens with zero attached hydrogens (tertiary/aromatic N) is 3. The number of aryl methyl sites for hydroxylation is 1. The maximum Gasteiger partial charge on any atom is 0.164 e. The van der Waals surface area contributed by atoms with Crippen LogP contribution >= 0.6 is 0 Å². The summed E-state index contributed by atoms with van der Waals surface area (Å²) in [4.78, 5) is 12.9. The predicted molar refractivity (Wildman–Crippen MR) is 84.4 cm³/mol. The molecule has 3 rings (SSSR count). The number of benzene rings is 1. The molecule has 0 unspecified atom stereocenters. The molecule has 0 atom stereocenters. The quantitative estimate of drug-likeness (QED) is 0.792. The summed E-state index contributed by atoms with van der Waals surface area (Å²) in [7, 11) is 0. The third-order valence-electron chi connectivity index (χ3n) is 3.45. The number of pyridine rings is 1. The minimum atomic E-state index is -0.333. The van der Waals surface area contributed by atoms with Crippen LogP contribution in [0.25, 0.3) is 11.4 Å². The van der Waals surface area contributed by atoms with Crippen molar-refractivity contribution in [3.8, 4) is 11.4 Å². The molecule has 0 radical (unpaired) electrons. The number of rotatable bonds is 3. The third kappa shape index (κ3) is 2.79. The molecule has 0 aliphatic rings. The van der Waals surface area contributed by atoms with E-state index in [0.29, 0.717) is 17.2 Å². The Morgan fingerprint density at radius 2 is 1.68 bits per heavy atom. The van der Waals surface area contributed by atoms with Gasteiger partial charge < -0.3 is 5.32 Å². The van der Waals surface area contributed by atoms with Gasteiger partial charge in [-0.05, 0) is 38.1 Å². The van der Waals surface area contributed by atoms with Crippen molar-refractivity contribution in [3.63, 3.8) is 0 Å². The molecule has 3 aromatic rings. The summed E-state index contributed by atoms with van der Waals surface area (Å²) in [5.74, 6) is 0.704. The van der Waals surface area contributed by atoms with Gasteiger partial charge in [0.05, 0.1) is 5.56 Å². The van der Waals surface area contributed by atoms with Crippen LogP contribution < -0.4 is 5.32 Å². The van der Waals surface area contributed by atoms with Gasteiger partial charge >= 0.3 is 0 Å². The topological polar surface area (TPSA) is 50.7 Å². The lowest BCUT2D eigenvalue weighted by molar-refractivity contribution is 0.630. The van der Waals surface area contributed by atoms with Gasteiger partial charge in [0, 0.05) is 29.3 Å². The Labute approximate surface area is 128 Å². The van der Waals surface area contributed by atoms with E-state index < -0.39 is 0 Å². The lowest BCUT2D eigenvalue weighted by Gasteiger charge is -2.12. The van der Waals surface area contributed by atoms with E-state index in [1.54, 1.807) is 30.6 Å². The average Bonchev–Trinajstić information content (AvgIpc) is 2.53. The van der Waals surface area contributed by atoms with E-state index in [1.807, 2.05) is 26.0 Å². The lowest BCUT2D eigenvalue weighted by Crippen LogP contribution is -2.03. The molecular formula is C17H15FN4. The standard InChI is InChI=1S/C17H15FN4/c1-11-12(2)20-17(14-5-3-4-6-15(14)18)22-16(11)21-13-7-9-19-10-8-13/h3-10H,1-2H3,(H,19,20,21,22). The van der Waals surface area contributed by atoms with Gasteiger partial charge in [0.1, 0.15) is 11.6 Å². The number of aromatic nitrogens is 3. The van der Waals surface area contributed by atoms with Crippen LogP contribution in [-0.4, -0.2) is 15.0 Å². The van der Waals surface area contributed by atoms with E-state index in [4.69, 9.17) is 0 Å². The predicted octanol–water partition coefficient (Wildman–Crippen LogP) is 4.04. The first kappa shape index (κ1) is 14.1. The molecule has 0 saturated carbocycles. The Morgan fingerprint density at radius 3 is 2.41 bits per heavy atom. The molecule has 4 nitrogen and oxygen atoms in total. The number of hydrogen-bond acceptors (Lipinski definition) is 4. The third-order valence-corrected chi connectivity index (χ3v) is 3.45. The monoisotopic (exact) mass is 294 g/mol. The zero-order valence-electron chi connectivity index (χ0n) is 12.3. The molecule has 0 spiro atoms. The highest BCUT2D eigenvalue weighted by atomic mass is 19.1. The number of halogens is 1. The van der Waals surface area contributed by atoms with Gasteiger partial charge in [-0.1, -0.05) is 12.1 Å². The highest BCUT2D eigenvalue weighted by Gasteiger charge is 2.12. The van der Waals surface area contributed by atoms with Crippen molar-refractivity contribution < 1.29 is 4.39 Å². The Bertz CT molecular complexity index is 803. The van der Waals surface area contributed by atoms with Crippen LogP contribution in [-0.2, 0) is 0 Å². The fourth-order valence-electron chi connectivity index (χ4n) is 2.09. The summed E-state index contributed by atoms with van der Waals surface area (Å²) < 4.78 is 14.0. The molecule has 0 aliphatic heterocycles. The van der Waals surface area contributed by atoms with Gasteiger partial charge in [-0.25, -0.2) is 14.4 Å². The Hall–Kier alpha value is -2.82. The van der Waals surface area contributed by atoms with E-state index in [1.165, 1.54) is 6.07 Å². The van der Waals surface area contributed by atoms with E-state index in [0.717, 1.165) is 16.9 Å². The zero-order valence-corrected chi connectivity index (χ0v) is 12.3. The van der Waals surface area contributed by atoms with Crippen molar-refractivity contribution in [1.82, 2.24) is 15.0 Å². The van der Waals surface area contributed by atoms with Crippen LogP contribution in [0.4, 0.5) is 15.9 Å². The number of anilines is 2. The Morgan fingerprint density at radius 1 is 0.955 bits per heavy atom. The summed E-state index contributed by atoms with van der Waals surface area (Å²) in [6.07, 6.45) is 3.40. The largest absolute Gasteiger partial charge is 0.340 e. The minimum Gasteiger partial charge on any atom is -0.340 e. The minimum absolute atomic E-state index is 0.333. The van der Waals surface area contributed by atoms with Crippen LogP contribution in [0.1, 0.15) is 11.3 Å². The van der Waals surface area contributed by atoms with Gasteiger partial charge in [0.2, 0.25) is 0 Å². The van der Waals surface area contributed by atoms with Gasteiger partial charge in [0.25, 0.3) is 0 Å². The van der Waals surface area contributed by atoms with E-state index in [-0.39, 0.29) is 5.82 Å². The van der Waals surface area contributed by atoms with Crippen molar-refractivity contribution >= 4 is 11.5 Å². The molecule has 22 heavy (non-hydrogen) atoms. The molecule has 1 N–H and O–H groups in total. The van der Waals surface area contributed by atoms with Crippen molar-refractivity contribution in [2.75, 3.05) is 5.32 Å². The molecule has 0 amide bonds. The second-order valence-corrected chi connectivity index (χ2v) is 4.95. The molecule has 0 fully saturated rings. The maximum atomic E-state index is 14.0. The normalized spacial score (nSPS) is 10.5. The maximum absolute atomic E-state index is 14.0. The van der Waals surface area contributed by atoms with Crippen LogP contribution in [0.5, 0.6) is 0 Å². The molecule has 0 bridgehead atoms. The summed E-state index contributed by atoms with van der Waals surface area (Å²) >= 11 is 0. The fraction of sp³-hybridized carbons (Fsp3) is 0.118. The first-order valence-corrected chi connectivity index (χ1v) is 6.92. The van der Waals surface area contributed by atoms with Crippen molar-refractivity contribution in [1.29, 1.82) is 0 Å². The van der Waals surface area contributed by atoms with Crippen LogP contribution in [0.3, 0.4) is 0 Å². The molecule has 110 valence electrons. The van der Waals surface area contributed by atoms with Crippen molar-refractivity contribution in [3.05, 3.63) is 65.9 Å². The van der Waals surface area contributed by atoms with Gasteiger partial charge in [0.15, 0.2) is 5.82 Å². The summed E-state index contributed by atoms with van der Waals surface area (Å²) in [6, 6.07) is 10.2. The van der Waals surface area contributed by atoms with Crippen LogP contribution in [0.2, 0.25) is 0 Å². The zero-order chi connectivity index (χ0) is 15.5. The Kier molecular flexibility index (Phi) is 3.78. The molecule has 5 heteroatoms. The molecule has 0 saturated heterocycles. The SMILES string of the molecule is Cc1nc(-c2ccccc2F)nc(Nc2ccncc2)c1C. The Balaban J connectivity index is 2.06. The van der Waals surface area contributed by atoms with Crippen molar-refractivity contribution in [2.24, 2.45) is 0 Å². The molecule has 1 aromatic carbocycles. The summed E-state index contributed by atoms with van der Waals surface area (Å²) in [6.45, 7) is 3.82.